The highest BCUT2D eigenvalue weighted by molar-refractivity contribution is 5.76. The van der Waals surface area contributed by atoms with Crippen molar-refractivity contribution in [3.63, 3.8) is 0 Å². The Labute approximate surface area is 140 Å². The van der Waals surface area contributed by atoms with Gasteiger partial charge in [-0.1, -0.05) is 0 Å². The Morgan fingerprint density at radius 2 is 2.00 bits per heavy atom. The van der Waals surface area contributed by atoms with E-state index in [-0.39, 0.29) is 22.3 Å². The van der Waals surface area contributed by atoms with Crippen LogP contribution in [-0.2, 0) is 0 Å². The number of nitrogens with one attached hydrogen (secondary N) is 2. The van der Waals surface area contributed by atoms with Gasteiger partial charge >= 0.3 is 0 Å². The normalized spacial score (nSPS) is 22.2. The number of aromatic nitrogens is 4. The lowest BCUT2D eigenvalue weighted by Crippen LogP contribution is -2.68. The summed E-state index contributed by atoms with van der Waals surface area (Å²) in [6.07, 6.45) is 2.40. The van der Waals surface area contributed by atoms with Gasteiger partial charge in [-0.2, -0.15) is 10.1 Å². The maximum Gasteiger partial charge on any atom is 0.263 e. The van der Waals surface area contributed by atoms with Gasteiger partial charge in [-0.3, -0.25) is 9.78 Å². The molecule has 2 bridgehead atoms. The van der Waals surface area contributed by atoms with Gasteiger partial charge in [0.1, 0.15) is 16.9 Å². The Morgan fingerprint density at radius 3 is 2.72 bits per heavy atom. The minimum atomic E-state index is -0.765. The molecule has 128 valence electrons. The molecule has 0 amide bonds. The molecule has 4 heterocycles. The van der Waals surface area contributed by atoms with Crippen LogP contribution in [0.3, 0.4) is 0 Å². The van der Waals surface area contributed by atoms with Gasteiger partial charge in [0.2, 0.25) is 5.95 Å². The molecule has 2 aromatic heterocycles. The molecule has 0 radical (unpaired) electrons. The van der Waals surface area contributed by atoms with Crippen LogP contribution in [0.15, 0.2) is 29.2 Å². The number of anilines is 1. The predicted octanol–water partition coefficient (Wildman–Crippen LogP) is 0.938. The summed E-state index contributed by atoms with van der Waals surface area (Å²) in [6.45, 7) is 1.67. The zero-order valence-electron chi connectivity index (χ0n) is 13.0. The maximum absolute atomic E-state index is 14.1. The van der Waals surface area contributed by atoms with E-state index in [1.54, 1.807) is 0 Å². The molecule has 7 nitrogen and oxygen atoms in total. The molecule has 2 aliphatic heterocycles. The van der Waals surface area contributed by atoms with E-state index in [0.717, 1.165) is 31.6 Å². The molecule has 0 aliphatic carbocycles. The third kappa shape index (κ3) is 2.08. The van der Waals surface area contributed by atoms with Crippen LogP contribution < -0.4 is 15.8 Å². The molecule has 2 N–H and O–H groups in total. The van der Waals surface area contributed by atoms with Gasteiger partial charge in [0, 0.05) is 31.2 Å². The van der Waals surface area contributed by atoms with Crippen LogP contribution in [-0.4, -0.2) is 44.9 Å². The average Bonchev–Trinajstić information content (AvgIpc) is 3.00. The number of fused-ring (bicyclic) bond motifs is 3. The Kier molecular flexibility index (Phi) is 2.96. The molecule has 2 aliphatic rings. The lowest BCUT2D eigenvalue weighted by atomic mass is 9.89. The van der Waals surface area contributed by atoms with E-state index in [2.05, 4.69) is 25.3 Å². The molecule has 2 unspecified atom stereocenters. The summed E-state index contributed by atoms with van der Waals surface area (Å²) in [7, 11) is 0. The van der Waals surface area contributed by atoms with E-state index in [1.807, 2.05) is 0 Å². The lowest BCUT2D eigenvalue weighted by Gasteiger charge is -2.53. The van der Waals surface area contributed by atoms with Crippen molar-refractivity contribution in [1.29, 1.82) is 0 Å². The minimum Gasteiger partial charge on any atom is -0.334 e. The fourth-order valence-corrected chi connectivity index (χ4v) is 3.69. The van der Waals surface area contributed by atoms with Crippen molar-refractivity contribution in [3.8, 4) is 5.69 Å². The number of piperazine rings is 1. The molecule has 25 heavy (non-hydrogen) atoms. The Hall–Kier alpha value is -2.81. The number of nitrogens with zero attached hydrogens (tertiary/aromatic N) is 4. The number of rotatable bonds is 2. The van der Waals surface area contributed by atoms with Crippen LogP contribution in [0.4, 0.5) is 14.7 Å². The first-order valence-corrected chi connectivity index (χ1v) is 8.04. The van der Waals surface area contributed by atoms with E-state index < -0.39 is 11.6 Å². The van der Waals surface area contributed by atoms with E-state index in [9.17, 15) is 13.6 Å². The molecule has 0 saturated carbocycles. The van der Waals surface area contributed by atoms with Crippen molar-refractivity contribution in [2.45, 2.75) is 18.5 Å². The molecule has 0 spiro atoms. The number of halogens is 2. The number of benzene rings is 1. The first-order chi connectivity index (χ1) is 12.1. The zero-order chi connectivity index (χ0) is 17.1. The summed E-state index contributed by atoms with van der Waals surface area (Å²) in [6, 6.07) is 3.78. The summed E-state index contributed by atoms with van der Waals surface area (Å²) >= 11 is 0. The second-order valence-corrected chi connectivity index (χ2v) is 6.39. The lowest BCUT2D eigenvalue weighted by molar-refractivity contribution is 0.258. The first-order valence-electron chi connectivity index (χ1n) is 8.04. The third-order valence-corrected chi connectivity index (χ3v) is 4.90. The number of aromatic amines is 1. The van der Waals surface area contributed by atoms with Crippen LogP contribution >= 0.6 is 0 Å². The first kappa shape index (κ1) is 14.5. The molecule has 1 aromatic carbocycles. The summed E-state index contributed by atoms with van der Waals surface area (Å²) < 4.78 is 28.5. The van der Waals surface area contributed by atoms with Crippen molar-refractivity contribution < 1.29 is 8.78 Å². The molecule has 2 saturated heterocycles. The topological polar surface area (TPSA) is 78.8 Å². The van der Waals surface area contributed by atoms with Gasteiger partial charge in [-0.15, -0.1) is 0 Å². The third-order valence-electron chi connectivity index (χ3n) is 4.90. The highest BCUT2D eigenvalue weighted by atomic mass is 19.1. The number of hydrogen-bond donors (Lipinski definition) is 2. The largest absolute Gasteiger partial charge is 0.334 e. The average molecular weight is 344 g/mol. The van der Waals surface area contributed by atoms with Crippen molar-refractivity contribution >= 4 is 17.0 Å². The van der Waals surface area contributed by atoms with E-state index in [0.29, 0.717) is 18.0 Å². The second-order valence-electron chi connectivity index (χ2n) is 6.39. The molecule has 2 atom stereocenters. The fourth-order valence-electron chi connectivity index (χ4n) is 3.69. The zero-order valence-corrected chi connectivity index (χ0v) is 13.0. The molecule has 5 rings (SSSR count). The monoisotopic (exact) mass is 344 g/mol. The standard InChI is InChI=1S/C16H14F2N6O/c17-8-1-2-13(12(18)3-8)24-14-11(7-20-24)15(25)22-16(21-14)23-9-4-10(23)6-19-5-9/h1-3,7,9-10,19H,4-6H2,(H,21,22,25). The molecule has 3 aromatic rings. The molecule has 9 heteroatoms. The second kappa shape index (κ2) is 5.09. The van der Waals surface area contributed by atoms with Crippen molar-refractivity contribution in [3.05, 3.63) is 46.4 Å². The Balaban J connectivity index is 1.67. The van der Waals surface area contributed by atoms with Gasteiger partial charge in [0.05, 0.1) is 6.20 Å². The Bertz CT molecular complexity index is 1030. The number of H-pyrrole nitrogens is 1. The van der Waals surface area contributed by atoms with Gasteiger partial charge in [-0.05, 0) is 18.6 Å². The summed E-state index contributed by atoms with van der Waals surface area (Å²) in [4.78, 5) is 21.8. The maximum atomic E-state index is 14.1. The summed E-state index contributed by atoms with van der Waals surface area (Å²) in [5, 5.41) is 7.65. The Morgan fingerprint density at radius 1 is 1.20 bits per heavy atom. The minimum absolute atomic E-state index is 0.0471. The van der Waals surface area contributed by atoms with Crippen LogP contribution in [0.2, 0.25) is 0 Å². The van der Waals surface area contributed by atoms with Gasteiger partial charge in [-0.25, -0.2) is 13.5 Å². The van der Waals surface area contributed by atoms with E-state index >= 15 is 0 Å². The highest BCUT2D eigenvalue weighted by Crippen LogP contribution is 2.32. The van der Waals surface area contributed by atoms with Gasteiger partial charge in [0.25, 0.3) is 5.56 Å². The number of hydrogen-bond acceptors (Lipinski definition) is 5. The van der Waals surface area contributed by atoms with Crippen molar-refractivity contribution in [2.75, 3.05) is 18.0 Å². The van der Waals surface area contributed by atoms with Crippen LogP contribution in [0.1, 0.15) is 6.42 Å². The summed E-state index contributed by atoms with van der Waals surface area (Å²) in [5.74, 6) is -0.978. The van der Waals surface area contributed by atoms with Crippen molar-refractivity contribution in [2.24, 2.45) is 0 Å². The molecule has 2 fully saturated rings. The fraction of sp³-hybridized carbons (Fsp3) is 0.312. The van der Waals surface area contributed by atoms with Crippen LogP contribution in [0, 0.1) is 11.6 Å². The van der Waals surface area contributed by atoms with E-state index in [1.165, 1.54) is 16.9 Å². The van der Waals surface area contributed by atoms with Gasteiger partial charge < -0.3 is 10.2 Å². The van der Waals surface area contributed by atoms with Gasteiger partial charge in [0.15, 0.2) is 11.5 Å². The van der Waals surface area contributed by atoms with Crippen LogP contribution in [0.25, 0.3) is 16.7 Å². The smallest absolute Gasteiger partial charge is 0.263 e. The summed E-state index contributed by atoms with van der Waals surface area (Å²) in [5.41, 5.74) is -0.0280. The van der Waals surface area contributed by atoms with Crippen molar-refractivity contribution in [1.82, 2.24) is 25.1 Å². The molecular formula is C16H14F2N6O. The number of piperidine rings is 1. The highest BCUT2D eigenvalue weighted by Gasteiger charge is 2.42. The predicted molar refractivity (Wildman–Crippen MR) is 86.9 cm³/mol. The SMILES string of the molecule is O=c1[nH]c(N2C3CNCC2C3)nc2c1cnn2-c1ccc(F)cc1F. The quantitative estimate of drug-likeness (QED) is 0.723. The van der Waals surface area contributed by atoms with E-state index in [4.69, 9.17) is 0 Å². The van der Waals surface area contributed by atoms with Crippen LogP contribution in [0.5, 0.6) is 0 Å². The molecular weight excluding hydrogens is 330 g/mol.